The van der Waals surface area contributed by atoms with E-state index in [1.54, 1.807) is 0 Å². The average molecular weight is 341 g/mol. The Hall–Kier alpha value is -0.850. The van der Waals surface area contributed by atoms with Gasteiger partial charge in [-0.15, -0.1) is 0 Å². The molecule has 2 rings (SSSR count). The summed E-state index contributed by atoms with van der Waals surface area (Å²) in [6.07, 6.45) is 7.77. The molecule has 2 aliphatic rings. The Morgan fingerprint density at radius 2 is 2.04 bits per heavy atom. The SMILES string of the molecule is CCNC(=NCCCOC1CCOC1)NCCN1CCCCCC1. The summed E-state index contributed by atoms with van der Waals surface area (Å²) in [6.45, 7) is 10.7. The standard InChI is InChI=1S/C18H36N4O2/c1-2-19-18(20-9-7-14-24-17-8-15-23-16-17)21-10-13-22-11-5-3-4-6-12-22/h17H,2-16H2,1H3,(H2,19,20,21). The molecule has 2 heterocycles. The first-order valence-corrected chi connectivity index (χ1v) is 9.82. The summed E-state index contributed by atoms with van der Waals surface area (Å²) in [7, 11) is 0. The fraction of sp³-hybridized carbons (Fsp3) is 0.944. The van der Waals surface area contributed by atoms with Crippen LogP contribution in [0.2, 0.25) is 0 Å². The van der Waals surface area contributed by atoms with Gasteiger partial charge in [0.15, 0.2) is 5.96 Å². The number of hydrogen-bond donors (Lipinski definition) is 2. The Morgan fingerprint density at radius 1 is 1.21 bits per heavy atom. The van der Waals surface area contributed by atoms with Crippen molar-refractivity contribution in [3.63, 3.8) is 0 Å². The van der Waals surface area contributed by atoms with Crippen LogP contribution in [0, 0.1) is 0 Å². The molecule has 2 aliphatic heterocycles. The van der Waals surface area contributed by atoms with Crippen molar-refractivity contribution in [3.05, 3.63) is 0 Å². The smallest absolute Gasteiger partial charge is 0.191 e. The highest BCUT2D eigenvalue weighted by Crippen LogP contribution is 2.09. The summed E-state index contributed by atoms with van der Waals surface area (Å²) in [5.74, 6) is 0.927. The van der Waals surface area contributed by atoms with Crippen molar-refractivity contribution in [1.29, 1.82) is 0 Å². The number of nitrogens with one attached hydrogen (secondary N) is 2. The number of ether oxygens (including phenoxy) is 2. The zero-order valence-corrected chi connectivity index (χ0v) is 15.4. The first kappa shape index (κ1) is 19.5. The molecule has 2 saturated heterocycles. The first-order valence-electron chi connectivity index (χ1n) is 9.82. The molecule has 0 spiro atoms. The molecule has 0 amide bonds. The molecular formula is C18H36N4O2. The highest BCUT2D eigenvalue weighted by atomic mass is 16.5. The lowest BCUT2D eigenvalue weighted by Gasteiger charge is -2.20. The van der Waals surface area contributed by atoms with E-state index in [1.165, 1.54) is 38.8 Å². The van der Waals surface area contributed by atoms with Gasteiger partial charge in [-0.05, 0) is 45.7 Å². The van der Waals surface area contributed by atoms with Gasteiger partial charge in [-0.3, -0.25) is 4.99 Å². The summed E-state index contributed by atoms with van der Waals surface area (Å²) >= 11 is 0. The molecule has 0 aromatic heterocycles. The number of rotatable bonds is 9. The minimum Gasteiger partial charge on any atom is -0.379 e. The quantitative estimate of drug-likeness (QED) is 0.379. The zero-order valence-electron chi connectivity index (χ0n) is 15.4. The molecular weight excluding hydrogens is 304 g/mol. The molecule has 1 unspecified atom stereocenters. The van der Waals surface area contributed by atoms with Gasteiger partial charge in [-0.1, -0.05) is 12.8 Å². The molecule has 0 saturated carbocycles. The fourth-order valence-corrected chi connectivity index (χ4v) is 3.18. The third-order valence-corrected chi connectivity index (χ3v) is 4.58. The molecule has 0 radical (unpaired) electrons. The van der Waals surface area contributed by atoms with Crippen LogP contribution in [0.25, 0.3) is 0 Å². The molecule has 1 atom stereocenters. The molecule has 0 aromatic rings. The Balaban J connectivity index is 1.56. The average Bonchev–Trinajstić information content (AvgIpc) is 2.97. The predicted molar refractivity (Wildman–Crippen MR) is 98.7 cm³/mol. The van der Waals surface area contributed by atoms with Crippen molar-refractivity contribution in [1.82, 2.24) is 15.5 Å². The predicted octanol–water partition coefficient (Wildman–Crippen LogP) is 1.61. The lowest BCUT2D eigenvalue weighted by atomic mass is 10.2. The van der Waals surface area contributed by atoms with Gasteiger partial charge < -0.3 is 25.0 Å². The molecule has 140 valence electrons. The molecule has 6 nitrogen and oxygen atoms in total. The van der Waals surface area contributed by atoms with Gasteiger partial charge in [0, 0.05) is 39.4 Å². The Kier molecular flexibility index (Phi) is 10.1. The second-order valence-corrected chi connectivity index (χ2v) is 6.65. The van der Waals surface area contributed by atoms with Crippen molar-refractivity contribution in [2.75, 3.05) is 59.1 Å². The maximum Gasteiger partial charge on any atom is 0.191 e. The van der Waals surface area contributed by atoms with Crippen LogP contribution < -0.4 is 10.6 Å². The van der Waals surface area contributed by atoms with Gasteiger partial charge in [0.25, 0.3) is 0 Å². The number of aliphatic imine (C=N–C) groups is 1. The van der Waals surface area contributed by atoms with E-state index >= 15 is 0 Å². The Labute approximate surface area is 147 Å². The monoisotopic (exact) mass is 340 g/mol. The van der Waals surface area contributed by atoms with E-state index in [0.29, 0.717) is 6.10 Å². The molecule has 24 heavy (non-hydrogen) atoms. The van der Waals surface area contributed by atoms with Gasteiger partial charge >= 0.3 is 0 Å². The number of hydrogen-bond acceptors (Lipinski definition) is 4. The second kappa shape index (κ2) is 12.5. The molecule has 2 fully saturated rings. The van der Waals surface area contributed by atoms with Crippen LogP contribution in [0.3, 0.4) is 0 Å². The van der Waals surface area contributed by atoms with Gasteiger partial charge in [-0.25, -0.2) is 0 Å². The lowest BCUT2D eigenvalue weighted by Crippen LogP contribution is -2.42. The van der Waals surface area contributed by atoms with E-state index in [-0.39, 0.29) is 0 Å². The van der Waals surface area contributed by atoms with Crippen LogP contribution in [-0.4, -0.2) is 76.1 Å². The highest BCUT2D eigenvalue weighted by Gasteiger charge is 2.15. The van der Waals surface area contributed by atoms with E-state index < -0.39 is 0 Å². The van der Waals surface area contributed by atoms with Crippen molar-refractivity contribution >= 4 is 5.96 Å². The second-order valence-electron chi connectivity index (χ2n) is 6.65. The summed E-state index contributed by atoms with van der Waals surface area (Å²) in [5, 5.41) is 6.78. The maximum absolute atomic E-state index is 5.78. The van der Waals surface area contributed by atoms with Crippen LogP contribution in [0.1, 0.15) is 45.4 Å². The highest BCUT2D eigenvalue weighted by molar-refractivity contribution is 5.79. The molecule has 2 N–H and O–H groups in total. The topological polar surface area (TPSA) is 58.1 Å². The van der Waals surface area contributed by atoms with E-state index in [4.69, 9.17) is 9.47 Å². The van der Waals surface area contributed by atoms with Crippen LogP contribution in [0.4, 0.5) is 0 Å². The summed E-state index contributed by atoms with van der Waals surface area (Å²) in [4.78, 5) is 7.21. The largest absolute Gasteiger partial charge is 0.379 e. The third kappa shape index (κ3) is 8.31. The number of likely N-dealkylation sites (tertiary alicyclic amines) is 1. The minimum absolute atomic E-state index is 0.300. The summed E-state index contributed by atoms with van der Waals surface area (Å²) < 4.78 is 11.1. The minimum atomic E-state index is 0.300. The van der Waals surface area contributed by atoms with Gasteiger partial charge in [0.05, 0.1) is 12.7 Å². The zero-order chi connectivity index (χ0) is 16.9. The normalized spacial score (nSPS) is 23.2. The van der Waals surface area contributed by atoms with Crippen LogP contribution >= 0.6 is 0 Å². The van der Waals surface area contributed by atoms with E-state index in [0.717, 1.165) is 64.8 Å². The number of guanidine groups is 1. The Morgan fingerprint density at radius 3 is 2.75 bits per heavy atom. The molecule has 0 aromatic carbocycles. The van der Waals surface area contributed by atoms with E-state index in [1.807, 2.05) is 0 Å². The van der Waals surface area contributed by atoms with Crippen LogP contribution in [0.15, 0.2) is 4.99 Å². The maximum atomic E-state index is 5.78. The first-order chi connectivity index (χ1) is 11.9. The van der Waals surface area contributed by atoms with Crippen LogP contribution in [0.5, 0.6) is 0 Å². The lowest BCUT2D eigenvalue weighted by molar-refractivity contribution is 0.0424. The Bertz CT molecular complexity index is 338. The van der Waals surface area contributed by atoms with Gasteiger partial charge in [0.1, 0.15) is 0 Å². The van der Waals surface area contributed by atoms with Gasteiger partial charge in [0.2, 0.25) is 0 Å². The summed E-state index contributed by atoms with van der Waals surface area (Å²) in [6, 6.07) is 0. The van der Waals surface area contributed by atoms with Crippen molar-refractivity contribution < 1.29 is 9.47 Å². The van der Waals surface area contributed by atoms with E-state index in [9.17, 15) is 0 Å². The van der Waals surface area contributed by atoms with Crippen LogP contribution in [-0.2, 0) is 9.47 Å². The summed E-state index contributed by atoms with van der Waals surface area (Å²) in [5.41, 5.74) is 0. The number of nitrogens with zero attached hydrogens (tertiary/aromatic N) is 2. The van der Waals surface area contributed by atoms with E-state index in [2.05, 4.69) is 27.4 Å². The third-order valence-electron chi connectivity index (χ3n) is 4.58. The van der Waals surface area contributed by atoms with Gasteiger partial charge in [-0.2, -0.15) is 0 Å². The van der Waals surface area contributed by atoms with Crippen molar-refractivity contribution in [2.24, 2.45) is 4.99 Å². The van der Waals surface area contributed by atoms with Crippen molar-refractivity contribution in [2.45, 2.75) is 51.6 Å². The fourth-order valence-electron chi connectivity index (χ4n) is 3.18. The molecule has 0 bridgehead atoms. The van der Waals surface area contributed by atoms with Crippen molar-refractivity contribution in [3.8, 4) is 0 Å². The molecule has 0 aliphatic carbocycles. The molecule has 6 heteroatoms.